The van der Waals surface area contributed by atoms with Crippen LogP contribution >= 0.6 is 0 Å². The molecule has 6 heteroatoms. The molecule has 0 saturated carbocycles. The predicted molar refractivity (Wildman–Crippen MR) is 99.5 cm³/mol. The number of carbonyl (C=O) groups is 1. The van der Waals surface area contributed by atoms with Crippen LogP contribution in [0.25, 0.3) is 0 Å². The van der Waals surface area contributed by atoms with E-state index in [9.17, 15) is 9.90 Å². The van der Waals surface area contributed by atoms with Crippen LogP contribution in [0.3, 0.4) is 0 Å². The van der Waals surface area contributed by atoms with Gasteiger partial charge >= 0.3 is 6.03 Å². The number of carbonyl (C=O) groups excluding carboxylic acids is 1. The molecule has 2 rings (SSSR count). The standard InChI is InChI=1S/C19H28N4O2/c1-5-22(13-17(24)16-8-6-15(4)7-9-16)19(25)21-18-10-11-20-23(18)12-14(2)3/h6-11,14,17,24H,5,12-13H2,1-4H3,(H,21,25). The van der Waals surface area contributed by atoms with Crippen molar-refractivity contribution < 1.29 is 9.90 Å². The van der Waals surface area contributed by atoms with Gasteiger partial charge in [0.05, 0.1) is 18.8 Å². The van der Waals surface area contributed by atoms with Gasteiger partial charge in [-0.1, -0.05) is 43.7 Å². The number of nitrogens with zero attached hydrogens (tertiary/aromatic N) is 3. The summed E-state index contributed by atoms with van der Waals surface area (Å²) in [6, 6.07) is 9.25. The Hall–Kier alpha value is -2.34. The predicted octanol–water partition coefficient (Wildman–Crippen LogP) is 3.43. The van der Waals surface area contributed by atoms with Crippen LogP contribution < -0.4 is 5.32 Å². The highest BCUT2D eigenvalue weighted by molar-refractivity contribution is 5.88. The van der Waals surface area contributed by atoms with E-state index in [2.05, 4.69) is 24.3 Å². The molecule has 0 radical (unpaired) electrons. The molecule has 2 amide bonds. The van der Waals surface area contributed by atoms with Gasteiger partial charge in [0.15, 0.2) is 0 Å². The summed E-state index contributed by atoms with van der Waals surface area (Å²) in [5.74, 6) is 1.10. The molecule has 0 aliphatic heterocycles. The van der Waals surface area contributed by atoms with Gasteiger partial charge in [-0.3, -0.25) is 5.32 Å². The first kappa shape index (κ1) is 19.0. The van der Waals surface area contributed by atoms with Crippen LogP contribution in [0.4, 0.5) is 10.6 Å². The van der Waals surface area contributed by atoms with Gasteiger partial charge in [0.25, 0.3) is 0 Å². The van der Waals surface area contributed by atoms with Crippen LogP contribution in [0.2, 0.25) is 0 Å². The maximum atomic E-state index is 12.6. The maximum absolute atomic E-state index is 12.6. The van der Waals surface area contributed by atoms with Gasteiger partial charge in [-0.15, -0.1) is 0 Å². The molecule has 0 saturated heterocycles. The van der Waals surface area contributed by atoms with Gasteiger partial charge in [-0.25, -0.2) is 9.48 Å². The van der Waals surface area contributed by atoms with Gasteiger partial charge in [0.2, 0.25) is 0 Å². The first-order valence-electron chi connectivity index (χ1n) is 8.73. The van der Waals surface area contributed by atoms with Crippen molar-refractivity contribution in [3.05, 3.63) is 47.7 Å². The van der Waals surface area contributed by atoms with Crippen LogP contribution in [0.1, 0.15) is 38.0 Å². The molecular weight excluding hydrogens is 316 g/mol. The Morgan fingerprint density at radius 2 is 1.96 bits per heavy atom. The number of aryl methyl sites for hydroxylation is 1. The fourth-order valence-electron chi connectivity index (χ4n) is 2.58. The van der Waals surface area contributed by atoms with E-state index in [1.807, 2.05) is 38.1 Å². The molecule has 1 unspecified atom stereocenters. The number of amides is 2. The highest BCUT2D eigenvalue weighted by Gasteiger charge is 2.18. The Labute approximate surface area is 149 Å². The Morgan fingerprint density at radius 3 is 2.56 bits per heavy atom. The zero-order chi connectivity index (χ0) is 18.4. The molecule has 25 heavy (non-hydrogen) atoms. The summed E-state index contributed by atoms with van der Waals surface area (Å²) in [5, 5.41) is 17.6. The Bertz CT molecular complexity index is 679. The average Bonchev–Trinajstić information content (AvgIpc) is 2.99. The fraction of sp³-hybridized carbons (Fsp3) is 0.474. The van der Waals surface area contributed by atoms with Crippen LogP contribution in [0, 0.1) is 12.8 Å². The molecule has 136 valence electrons. The topological polar surface area (TPSA) is 70.4 Å². The SMILES string of the molecule is CCN(CC(O)c1ccc(C)cc1)C(=O)Nc1ccnn1CC(C)C. The Kier molecular flexibility index (Phi) is 6.58. The monoisotopic (exact) mass is 344 g/mol. The summed E-state index contributed by atoms with van der Waals surface area (Å²) >= 11 is 0. The second kappa shape index (κ2) is 8.67. The zero-order valence-electron chi connectivity index (χ0n) is 15.4. The molecule has 2 aromatic rings. The van der Waals surface area contributed by atoms with Crippen molar-refractivity contribution in [2.75, 3.05) is 18.4 Å². The minimum atomic E-state index is -0.716. The fourth-order valence-corrected chi connectivity index (χ4v) is 2.58. The molecule has 2 N–H and O–H groups in total. The second-order valence-corrected chi connectivity index (χ2v) is 6.69. The highest BCUT2D eigenvalue weighted by atomic mass is 16.3. The van der Waals surface area contributed by atoms with Gasteiger partial charge in [-0.2, -0.15) is 5.10 Å². The van der Waals surface area contributed by atoms with Crippen molar-refractivity contribution in [1.29, 1.82) is 0 Å². The highest BCUT2D eigenvalue weighted by Crippen LogP contribution is 2.16. The summed E-state index contributed by atoms with van der Waals surface area (Å²) in [6.45, 7) is 9.58. The van der Waals surface area contributed by atoms with Crippen LogP contribution in [-0.2, 0) is 6.54 Å². The first-order chi connectivity index (χ1) is 11.9. The van der Waals surface area contributed by atoms with E-state index in [-0.39, 0.29) is 12.6 Å². The van der Waals surface area contributed by atoms with Gasteiger partial charge in [-0.05, 0) is 25.3 Å². The molecule has 1 atom stereocenters. The Morgan fingerprint density at radius 1 is 1.28 bits per heavy atom. The lowest BCUT2D eigenvalue weighted by Crippen LogP contribution is -2.38. The lowest BCUT2D eigenvalue weighted by Gasteiger charge is -2.24. The molecule has 0 fully saturated rings. The third kappa shape index (κ3) is 5.32. The van der Waals surface area contributed by atoms with Crippen LogP contribution in [-0.4, -0.2) is 38.9 Å². The van der Waals surface area contributed by atoms with Crippen molar-refractivity contribution in [2.24, 2.45) is 5.92 Å². The van der Waals surface area contributed by atoms with Crippen LogP contribution in [0.15, 0.2) is 36.5 Å². The number of hydrogen-bond donors (Lipinski definition) is 2. The lowest BCUT2D eigenvalue weighted by atomic mass is 10.1. The first-order valence-corrected chi connectivity index (χ1v) is 8.73. The minimum Gasteiger partial charge on any atom is -0.387 e. The number of nitrogens with one attached hydrogen (secondary N) is 1. The van der Waals surface area contributed by atoms with E-state index in [1.165, 1.54) is 0 Å². The number of urea groups is 1. The van der Waals surface area contributed by atoms with Gasteiger partial charge < -0.3 is 10.0 Å². The molecule has 0 bridgehead atoms. The Balaban J connectivity index is 2.01. The third-order valence-corrected chi connectivity index (χ3v) is 4.01. The molecule has 0 aliphatic rings. The minimum absolute atomic E-state index is 0.237. The number of rotatable bonds is 7. The van der Waals surface area contributed by atoms with E-state index in [4.69, 9.17) is 0 Å². The van der Waals surface area contributed by atoms with E-state index in [0.29, 0.717) is 18.3 Å². The molecule has 1 heterocycles. The molecule has 1 aromatic carbocycles. The average molecular weight is 344 g/mol. The normalized spacial score (nSPS) is 12.2. The number of anilines is 1. The summed E-state index contributed by atoms with van der Waals surface area (Å²) in [6.07, 6.45) is 0.960. The summed E-state index contributed by atoms with van der Waals surface area (Å²) < 4.78 is 1.78. The van der Waals surface area contributed by atoms with Crippen molar-refractivity contribution in [3.63, 3.8) is 0 Å². The summed E-state index contributed by atoms with van der Waals surface area (Å²) in [5.41, 5.74) is 1.95. The zero-order valence-corrected chi connectivity index (χ0v) is 15.4. The van der Waals surface area contributed by atoms with Crippen molar-refractivity contribution in [3.8, 4) is 0 Å². The number of likely N-dealkylation sites (N-methyl/N-ethyl adjacent to an activating group) is 1. The molecule has 0 spiro atoms. The van der Waals surface area contributed by atoms with Crippen molar-refractivity contribution >= 4 is 11.8 Å². The molecule has 6 nitrogen and oxygen atoms in total. The number of benzene rings is 1. The number of aliphatic hydroxyl groups excluding tert-OH is 1. The lowest BCUT2D eigenvalue weighted by molar-refractivity contribution is 0.128. The van der Waals surface area contributed by atoms with E-state index >= 15 is 0 Å². The molecule has 1 aromatic heterocycles. The number of aliphatic hydroxyl groups is 1. The number of hydrogen-bond acceptors (Lipinski definition) is 3. The van der Waals surface area contributed by atoms with Crippen molar-refractivity contribution in [1.82, 2.24) is 14.7 Å². The summed E-state index contributed by atoms with van der Waals surface area (Å²) in [7, 11) is 0. The van der Waals surface area contributed by atoms with Gasteiger partial charge in [0.1, 0.15) is 5.82 Å². The van der Waals surface area contributed by atoms with E-state index < -0.39 is 6.10 Å². The largest absolute Gasteiger partial charge is 0.387 e. The maximum Gasteiger partial charge on any atom is 0.323 e. The van der Waals surface area contributed by atoms with E-state index in [0.717, 1.165) is 17.7 Å². The van der Waals surface area contributed by atoms with Crippen molar-refractivity contribution in [2.45, 2.75) is 40.3 Å². The number of aromatic nitrogens is 2. The molecule has 0 aliphatic carbocycles. The summed E-state index contributed by atoms with van der Waals surface area (Å²) in [4.78, 5) is 14.2. The second-order valence-electron chi connectivity index (χ2n) is 6.69. The quantitative estimate of drug-likeness (QED) is 0.808. The van der Waals surface area contributed by atoms with Gasteiger partial charge in [0, 0.05) is 19.2 Å². The van der Waals surface area contributed by atoms with Crippen LogP contribution in [0.5, 0.6) is 0 Å². The molecular formula is C19H28N4O2. The third-order valence-electron chi connectivity index (χ3n) is 4.01. The van der Waals surface area contributed by atoms with E-state index in [1.54, 1.807) is 21.8 Å². The smallest absolute Gasteiger partial charge is 0.323 e.